The van der Waals surface area contributed by atoms with Crippen molar-refractivity contribution in [3.05, 3.63) is 51.2 Å². The number of methoxy groups -OCH3 is 4. The van der Waals surface area contributed by atoms with Crippen molar-refractivity contribution in [1.82, 2.24) is 0 Å². The lowest BCUT2D eigenvalue weighted by molar-refractivity contribution is 0.331. The van der Waals surface area contributed by atoms with Crippen molar-refractivity contribution in [3.8, 4) is 40.2 Å². The topological polar surface area (TPSA) is 127 Å². The first-order valence-electron chi connectivity index (χ1n) is 9.20. The van der Waals surface area contributed by atoms with Gasteiger partial charge in [-0.3, -0.25) is 0 Å². The fraction of sp³-hybridized carbons (Fsp3) is 0.182. The average molecular weight is 442 g/mol. The van der Waals surface area contributed by atoms with Gasteiger partial charge >= 0.3 is 11.3 Å². The normalized spacial score (nSPS) is 10.9. The summed E-state index contributed by atoms with van der Waals surface area (Å²) in [4.78, 5) is 24.4. The first-order valence-corrected chi connectivity index (χ1v) is 9.20. The van der Waals surface area contributed by atoms with E-state index in [-0.39, 0.29) is 51.4 Å². The van der Waals surface area contributed by atoms with Gasteiger partial charge in [-0.15, -0.1) is 0 Å². The maximum absolute atomic E-state index is 12.7. The van der Waals surface area contributed by atoms with Crippen molar-refractivity contribution in [2.45, 2.75) is 0 Å². The van der Waals surface area contributed by atoms with Crippen LogP contribution in [0.1, 0.15) is 0 Å². The Morgan fingerprint density at radius 3 is 1.97 bits per heavy atom. The summed E-state index contributed by atoms with van der Waals surface area (Å²) in [5, 5.41) is 11.1. The standard InChI is InChI=1S/C22H18O10/c1-26-12-8-11-9-14(22(25)32-18(11)20(28-3)16(12)24)30-19-13(27-2)7-10-5-6-15(23)31-17(10)21(19)29-4/h5-9,24H,1-4H3. The van der Waals surface area contributed by atoms with E-state index < -0.39 is 11.3 Å². The van der Waals surface area contributed by atoms with E-state index in [9.17, 15) is 14.7 Å². The Morgan fingerprint density at radius 2 is 1.31 bits per heavy atom. The second kappa shape index (κ2) is 8.06. The zero-order valence-corrected chi connectivity index (χ0v) is 17.5. The molecule has 2 aromatic heterocycles. The predicted molar refractivity (Wildman–Crippen MR) is 113 cm³/mol. The van der Waals surface area contributed by atoms with Crippen molar-refractivity contribution in [2.24, 2.45) is 0 Å². The summed E-state index contributed by atoms with van der Waals surface area (Å²) in [5.41, 5.74) is -1.32. The van der Waals surface area contributed by atoms with Gasteiger partial charge in [-0.1, -0.05) is 0 Å². The number of benzene rings is 2. The van der Waals surface area contributed by atoms with Crippen LogP contribution in [0.3, 0.4) is 0 Å². The molecule has 10 heteroatoms. The van der Waals surface area contributed by atoms with Crippen LogP contribution in [-0.4, -0.2) is 33.5 Å². The number of ether oxygens (including phenoxy) is 5. The highest BCUT2D eigenvalue weighted by atomic mass is 16.6. The number of phenols is 1. The van der Waals surface area contributed by atoms with Crippen LogP contribution in [0.4, 0.5) is 0 Å². The van der Waals surface area contributed by atoms with Crippen LogP contribution in [0, 0.1) is 0 Å². The Bertz CT molecular complexity index is 1450. The molecule has 0 saturated heterocycles. The molecular formula is C22H18O10. The first kappa shape index (κ1) is 20.9. The maximum Gasteiger partial charge on any atom is 0.379 e. The molecule has 166 valence electrons. The lowest BCUT2D eigenvalue weighted by Crippen LogP contribution is -2.06. The van der Waals surface area contributed by atoms with E-state index in [1.807, 2.05) is 0 Å². The fourth-order valence-electron chi connectivity index (χ4n) is 3.28. The van der Waals surface area contributed by atoms with E-state index in [1.165, 1.54) is 46.6 Å². The van der Waals surface area contributed by atoms with E-state index in [4.69, 9.17) is 32.5 Å². The molecular weight excluding hydrogens is 424 g/mol. The summed E-state index contributed by atoms with van der Waals surface area (Å²) in [5.74, 6) is -0.210. The van der Waals surface area contributed by atoms with Gasteiger partial charge in [0.2, 0.25) is 28.7 Å². The Kier molecular flexibility index (Phi) is 5.27. The fourth-order valence-corrected chi connectivity index (χ4v) is 3.28. The van der Waals surface area contributed by atoms with Gasteiger partial charge in [-0.2, -0.15) is 0 Å². The largest absolute Gasteiger partial charge is 0.502 e. The van der Waals surface area contributed by atoms with Crippen molar-refractivity contribution in [2.75, 3.05) is 28.4 Å². The highest BCUT2D eigenvalue weighted by molar-refractivity contribution is 5.90. The quantitative estimate of drug-likeness (QED) is 0.444. The second-order valence-corrected chi connectivity index (χ2v) is 6.49. The van der Waals surface area contributed by atoms with Gasteiger partial charge in [0.05, 0.1) is 28.4 Å². The van der Waals surface area contributed by atoms with Crippen molar-refractivity contribution in [3.63, 3.8) is 0 Å². The molecule has 32 heavy (non-hydrogen) atoms. The molecule has 4 rings (SSSR count). The number of fused-ring (bicyclic) bond motifs is 2. The molecule has 0 unspecified atom stereocenters. The molecule has 0 bridgehead atoms. The van der Waals surface area contributed by atoms with Crippen LogP contribution in [0.25, 0.3) is 21.9 Å². The molecule has 0 amide bonds. The second-order valence-electron chi connectivity index (χ2n) is 6.49. The Balaban J connectivity index is 1.95. The molecule has 4 aromatic rings. The third kappa shape index (κ3) is 3.31. The van der Waals surface area contributed by atoms with E-state index in [2.05, 4.69) is 0 Å². The van der Waals surface area contributed by atoms with Crippen LogP contribution in [0.5, 0.6) is 40.2 Å². The summed E-state index contributed by atoms with van der Waals surface area (Å²) < 4.78 is 37.5. The van der Waals surface area contributed by atoms with Crippen LogP contribution in [-0.2, 0) is 0 Å². The molecule has 2 aromatic carbocycles. The van der Waals surface area contributed by atoms with E-state index in [1.54, 1.807) is 12.1 Å². The van der Waals surface area contributed by atoms with Crippen LogP contribution in [0.15, 0.2) is 48.8 Å². The Morgan fingerprint density at radius 1 is 0.688 bits per heavy atom. The van der Waals surface area contributed by atoms with E-state index in [0.717, 1.165) is 0 Å². The van der Waals surface area contributed by atoms with Crippen LogP contribution >= 0.6 is 0 Å². The average Bonchev–Trinajstić information content (AvgIpc) is 2.79. The molecule has 0 fully saturated rings. The van der Waals surface area contributed by atoms with Crippen LogP contribution < -0.4 is 34.9 Å². The van der Waals surface area contributed by atoms with Crippen molar-refractivity contribution < 1.29 is 37.6 Å². The molecule has 2 heterocycles. The van der Waals surface area contributed by atoms with Gasteiger partial charge in [0.25, 0.3) is 0 Å². The van der Waals surface area contributed by atoms with Gasteiger partial charge in [-0.05, 0) is 24.3 Å². The molecule has 0 radical (unpaired) electrons. The molecule has 0 aliphatic rings. The van der Waals surface area contributed by atoms with Gasteiger partial charge in [0.15, 0.2) is 22.7 Å². The Hall–Kier alpha value is -4.34. The molecule has 0 aliphatic carbocycles. The Labute approximate surface area is 180 Å². The zero-order chi connectivity index (χ0) is 23.0. The lowest BCUT2D eigenvalue weighted by atomic mass is 10.2. The molecule has 0 spiro atoms. The molecule has 0 aliphatic heterocycles. The van der Waals surface area contributed by atoms with Crippen LogP contribution in [0.2, 0.25) is 0 Å². The number of hydrogen-bond donors (Lipinski definition) is 1. The summed E-state index contributed by atoms with van der Waals surface area (Å²) >= 11 is 0. The van der Waals surface area contributed by atoms with Gasteiger partial charge < -0.3 is 37.6 Å². The number of phenolic OH excluding ortho intramolecular Hbond substituents is 1. The number of rotatable bonds is 6. The van der Waals surface area contributed by atoms with E-state index >= 15 is 0 Å². The summed E-state index contributed by atoms with van der Waals surface area (Å²) in [6, 6.07) is 7.22. The molecule has 0 saturated carbocycles. The van der Waals surface area contributed by atoms with Gasteiger partial charge in [0, 0.05) is 16.8 Å². The zero-order valence-electron chi connectivity index (χ0n) is 17.5. The monoisotopic (exact) mass is 442 g/mol. The third-order valence-electron chi connectivity index (χ3n) is 4.73. The minimum atomic E-state index is -0.862. The molecule has 1 N–H and O–H groups in total. The molecule has 0 atom stereocenters. The highest BCUT2D eigenvalue weighted by Gasteiger charge is 2.23. The van der Waals surface area contributed by atoms with E-state index in [0.29, 0.717) is 10.8 Å². The predicted octanol–water partition coefficient (Wildman–Crippen LogP) is 3.43. The maximum atomic E-state index is 12.7. The smallest absolute Gasteiger partial charge is 0.379 e. The number of aromatic hydroxyl groups is 1. The van der Waals surface area contributed by atoms with Gasteiger partial charge in [-0.25, -0.2) is 9.59 Å². The first-order chi connectivity index (χ1) is 15.4. The minimum Gasteiger partial charge on any atom is -0.502 e. The summed E-state index contributed by atoms with van der Waals surface area (Å²) in [6.07, 6.45) is 0. The summed E-state index contributed by atoms with van der Waals surface area (Å²) in [7, 11) is 5.45. The van der Waals surface area contributed by atoms with Crippen molar-refractivity contribution >= 4 is 21.9 Å². The molecule has 10 nitrogen and oxygen atoms in total. The lowest BCUT2D eigenvalue weighted by Gasteiger charge is -2.15. The minimum absolute atomic E-state index is 0.00112. The summed E-state index contributed by atoms with van der Waals surface area (Å²) in [6.45, 7) is 0. The highest BCUT2D eigenvalue weighted by Crippen LogP contribution is 2.46. The van der Waals surface area contributed by atoms with Gasteiger partial charge in [0.1, 0.15) is 0 Å². The SMILES string of the molecule is COc1cc2cc(Oc3c(OC)cc4ccc(=O)oc4c3OC)c(=O)oc2c(OC)c1O. The van der Waals surface area contributed by atoms with Crippen molar-refractivity contribution in [1.29, 1.82) is 0 Å². The third-order valence-corrected chi connectivity index (χ3v) is 4.73. The number of hydrogen-bond acceptors (Lipinski definition) is 10.